The van der Waals surface area contributed by atoms with Crippen LogP contribution >= 0.6 is 24.0 Å². The summed E-state index contributed by atoms with van der Waals surface area (Å²) in [6, 6.07) is 12.8. The van der Waals surface area contributed by atoms with Gasteiger partial charge in [-0.05, 0) is 35.9 Å². The summed E-state index contributed by atoms with van der Waals surface area (Å²) in [4.78, 5) is 25.3. The Morgan fingerprint density at radius 1 is 1.22 bits per heavy atom. The molecule has 0 N–H and O–H groups in total. The fraction of sp³-hybridized carbons (Fsp3) is 0.105. The van der Waals surface area contributed by atoms with Crippen LogP contribution in [0.25, 0.3) is 6.08 Å². The SMILES string of the molecule is COC(=O)COc1ccc(/C=C2/SC(=S)N(c3ccccc3F)C2=O)cc1. The van der Waals surface area contributed by atoms with Gasteiger partial charge in [-0.2, -0.15) is 0 Å². The maximum atomic E-state index is 14.0. The summed E-state index contributed by atoms with van der Waals surface area (Å²) in [7, 11) is 1.28. The van der Waals surface area contributed by atoms with Crippen molar-refractivity contribution in [2.24, 2.45) is 0 Å². The molecule has 2 aromatic carbocycles. The summed E-state index contributed by atoms with van der Waals surface area (Å²) in [6.07, 6.45) is 1.67. The van der Waals surface area contributed by atoms with Crippen molar-refractivity contribution >= 4 is 51.9 Å². The predicted octanol–water partition coefficient (Wildman–Crippen LogP) is 3.78. The normalized spacial score (nSPS) is 15.3. The van der Waals surface area contributed by atoms with Crippen LogP contribution in [0.3, 0.4) is 0 Å². The molecule has 1 aliphatic heterocycles. The fourth-order valence-corrected chi connectivity index (χ4v) is 3.61. The lowest BCUT2D eigenvalue weighted by Crippen LogP contribution is -2.28. The van der Waals surface area contributed by atoms with Gasteiger partial charge in [-0.3, -0.25) is 9.69 Å². The van der Waals surface area contributed by atoms with Crippen LogP contribution in [0, 0.1) is 5.82 Å². The number of ether oxygens (including phenoxy) is 2. The number of para-hydroxylation sites is 1. The largest absolute Gasteiger partial charge is 0.482 e. The third-order valence-electron chi connectivity index (χ3n) is 3.65. The predicted molar refractivity (Wildman–Crippen MR) is 106 cm³/mol. The number of hydrogen-bond acceptors (Lipinski definition) is 6. The van der Waals surface area contributed by atoms with Gasteiger partial charge in [0.25, 0.3) is 5.91 Å². The van der Waals surface area contributed by atoms with Crippen molar-refractivity contribution in [2.45, 2.75) is 0 Å². The first-order chi connectivity index (χ1) is 13.0. The van der Waals surface area contributed by atoms with Crippen molar-refractivity contribution in [3.63, 3.8) is 0 Å². The van der Waals surface area contributed by atoms with Crippen molar-refractivity contribution in [3.05, 3.63) is 64.8 Å². The molecule has 0 spiro atoms. The molecule has 0 saturated carbocycles. The zero-order valence-electron chi connectivity index (χ0n) is 14.2. The van der Waals surface area contributed by atoms with Gasteiger partial charge in [0.1, 0.15) is 11.6 Å². The summed E-state index contributed by atoms with van der Waals surface area (Å²) in [6.45, 7) is -0.183. The van der Waals surface area contributed by atoms with Gasteiger partial charge in [0.15, 0.2) is 10.9 Å². The molecule has 3 rings (SSSR count). The Labute approximate surface area is 164 Å². The van der Waals surface area contributed by atoms with Crippen LogP contribution in [0.5, 0.6) is 5.75 Å². The van der Waals surface area contributed by atoms with Crippen molar-refractivity contribution in [2.75, 3.05) is 18.6 Å². The number of thioether (sulfide) groups is 1. The summed E-state index contributed by atoms with van der Waals surface area (Å²) in [5.74, 6) is -0.865. The van der Waals surface area contributed by atoms with Gasteiger partial charge >= 0.3 is 5.97 Å². The quantitative estimate of drug-likeness (QED) is 0.430. The number of anilines is 1. The van der Waals surface area contributed by atoms with E-state index in [9.17, 15) is 14.0 Å². The monoisotopic (exact) mass is 403 g/mol. The highest BCUT2D eigenvalue weighted by Crippen LogP contribution is 2.37. The van der Waals surface area contributed by atoms with E-state index >= 15 is 0 Å². The average molecular weight is 403 g/mol. The standard InChI is InChI=1S/C19H14FNO4S2/c1-24-17(22)11-25-13-8-6-12(7-9-13)10-16-18(23)21(19(26)27-16)15-5-3-2-4-14(15)20/h2-10H,11H2,1H3/b16-10+. The molecule has 1 aliphatic rings. The number of hydrogen-bond donors (Lipinski definition) is 0. The van der Waals surface area contributed by atoms with Gasteiger partial charge in [0.05, 0.1) is 17.7 Å². The Kier molecular flexibility index (Phi) is 5.88. The molecular weight excluding hydrogens is 389 g/mol. The Morgan fingerprint density at radius 3 is 2.59 bits per heavy atom. The van der Waals surface area contributed by atoms with Crippen LogP contribution in [-0.4, -0.2) is 29.9 Å². The molecule has 8 heteroatoms. The Bertz CT molecular complexity index is 928. The van der Waals surface area contributed by atoms with E-state index in [1.54, 1.807) is 42.5 Å². The van der Waals surface area contributed by atoms with E-state index in [0.717, 1.165) is 17.3 Å². The van der Waals surface area contributed by atoms with Crippen LogP contribution in [0.1, 0.15) is 5.56 Å². The lowest BCUT2D eigenvalue weighted by Gasteiger charge is -2.14. The minimum Gasteiger partial charge on any atom is -0.482 e. The molecule has 0 aromatic heterocycles. The number of esters is 1. The molecule has 138 valence electrons. The third-order valence-corrected chi connectivity index (χ3v) is 4.95. The first-order valence-electron chi connectivity index (χ1n) is 7.82. The number of rotatable bonds is 5. The number of halogens is 1. The van der Waals surface area contributed by atoms with E-state index in [-0.39, 0.29) is 22.5 Å². The molecule has 1 heterocycles. The summed E-state index contributed by atoms with van der Waals surface area (Å²) >= 11 is 6.35. The summed E-state index contributed by atoms with van der Waals surface area (Å²) in [5, 5.41) is 0. The van der Waals surface area contributed by atoms with Gasteiger partial charge in [0.2, 0.25) is 0 Å². The molecule has 2 aromatic rings. The van der Waals surface area contributed by atoms with Crippen molar-refractivity contribution < 1.29 is 23.5 Å². The molecular formula is C19H14FNO4S2. The number of benzene rings is 2. The van der Waals surface area contributed by atoms with Crippen LogP contribution in [0.15, 0.2) is 53.4 Å². The first kappa shape index (κ1) is 19.1. The molecule has 1 saturated heterocycles. The van der Waals surface area contributed by atoms with E-state index in [2.05, 4.69) is 4.74 Å². The van der Waals surface area contributed by atoms with Crippen LogP contribution < -0.4 is 9.64 Å². The number of methoxy groups -OCH3 is 1. The maximum Gasteiger partial charge on any atom is 0.343 e. The highest BCUT2D eigenvalue weighted by molar-refractivity contribution is 8.27. The van der Waals surface area contributed by atoms with E-state index in [0.29, 0.717) is 10.7 Å². The van der Waals surface area contributed by atoms with Crippen molar-refractivity contribution in [1.82, 2.24) is 0 Å². The number of carbonyl (C=O) groups is 2. The Hall–Kier alpha value is -2.71. The van der Waals surface area contributed by atoms with E-state index in [4.69, 9.17) is 17.0 Å². The molecule has 27 heavy (non-hydrogen) atoms. The molecule has 0 atom stereocenters. The highest BCUT2D eigenvalue weighted by atomic mass is 32.2. The number of thiocarbonyl (C=S) groups is 1. The third kappa shape index (κ3) is 4.35. The molecule has 0 aliphatic carbocycles. The van der Waals surface area contributed by atoms with Gasteiger partial charge in [-0.15, -0.1) is 0 Å². The maximum absolute atomic E-state index is 14.0. The Balaban J connectivity index is 1.76. The van der Waals surface area contributed by atoms with Crippen molar-refractivity contribution in [1.29, 1.82) is 0 Å². The van der Waals surface area contributed by atoms with Crippen LogP contribution in [0.4, 0.5) is 10.1 Å². The molecule has 5 nitrogen and oxygen atoms in total. The second kappa shape index (κ2) is 8.32. The summed E-state index contributed by atoms with van der Waals surface area (Å²) in [5.41, 5.74) is 0.879. The van der Waals surface area contributed by atoms with Gasteiger partial charge in [-0.25, -0.2) is 9.18 Å². The zero-order chi connectivity index (χ0) is 19.4. The highest BCUT2D eigenvalue weighted by Gasteiger charge is 2.34. The first-order valence-corrected chi connectivity index (χ1v) is 9.04. The van der Waals surface area contributed by atoms with Crippen LogP contribution in [0.2, 0.25) is 0 Å². The van der Waals surface area contributed by atoms with Gasteiger partial charge < -0.3 is 9.47 Å². The molecule has 1 fully saturated rings. The summed E-state index contributed by atoms with van der Waals surface area (Å²) < 4.78 is 24.1. The molecule has 1 amide bonds. The van der Waals surface area contributed by atoms with Crippen molar-refractivity contribution in [3.8, 4) is 5.75 Å². The van der Waals surface area contributed by atoms with E-state index in [1.807, 2.05) is 0 Å². The minimum atomic E-state index is -0.512. The fourth-order valence-electron chi connectivity index (χ4n) is 2.32. The van der Waals surface area contributed by atoms with Crippen LogP contribution in [-0.2, 0) is 14.3 Å². The second-order valence-corrected chi connectivity index (χ2v) is 7.08. The van der Waals surface area contributed by atoms with E-state index in [1.165, 1.54) is 24.1 Å². The second-order valence-electron chi connectivity index (χ2n) is 5.40. The van der Waals surface area contributed by atoms with Gasteiger partial charge in [-0.1, -0.05) is 48.2 Å². The lowest BCUT2D eigenvalue weighted by atomic mass is 10.2. The van der Waals surface area contributed by atoms with Gasteiger partial charge in [0, 0.05) is 0 Å². The van der Waals surface area contributed by atoms with E-state index < -0.39 is 11.8 Å². The Morgan fingerprint density at radius 2 is 1.93 bits per heavy atom. The number of carbonyl (C=O) groups excluding carboxylic acids is 2. The molecule has 0 bridgehead atoms. The topological polar surface area (TPSA) is 55.8 Å². The smallest absolute Gasteiger partial charge is 0.343 e. The minimum absolute atomic E-state index is 0.134. The lowest BCUT2D eigenvalue weighted by molar-refractivity contribution is -0.142. The average Bonchev–Trinajstić information content (AvgIpc) is 2.94. The molecule has 0 unspecified atom stereocenters. The number of nitrogens with zero attached hydrogens (tertiary/aromatic N) is 1. The number of amides is 1. The molecule has 0 radical (unpaired) electrons. The zero-order valence-corrected chi connectivity index (χ0v) is 15.8.